The summed E-state index contributed by atoms with van der Waals surface area (Å²) in [6, 6.07) is 0. The maximum Gasteiger partial charge on any atom is 0.0930 e. The molecule has 0 radical (unpaired) electrons. The number of hydrogen-bond donors (Lipinski definition) is 1. The van der Waals surface area contributed by atoms with Gasteiger partial charge in [-0.15, -0.1) is 11.3 Å². The van der Waals surface area contributed by atoms with Crippen LogP contribution >= 0.6 is 27.3 Å². The zero-order valence-corrected chi connectivity index (χ0v) is 8.95. The summed E-state index contributed by atoms with van der Waals surface area (Å²) < 4.78 is 6.36. The molecule has 0 aromatic carbocycles. The Bertz CT molecular complexity index is 281. The van der Waals surface area contributed by atoms with E-state index in [1.807, 2.05) is 0 Å². The van der Waals surface area contributed by atoms with Crippen molar-refractivity contribution in [3.8, 4) is 0 Å². The third kappa shape index (κ3) is 1.39. The Morgan fingerprint density at radius 3 is 3.00 bits per heavy atom. The zero-order chi connectivity index (χ0) is 8.55. The third-order valence-corrected chi connectivity index (χ3v) is 3.97. The summed E-state index contributed by atoms with van der Waals surface area (Å²) >= 11 is 5.07. The van der Waals surface area contributed by atoms with Crippen LogP contribution in [0.3, 0.4) is 0 Å². The van der Waals surface area contributed by atoms with Crippen molar-refractivity contribution >= 4 is 33.0 Å². The number of ether oxygens (including phenoxy) is 1. The first-order valence-corrected chi connectivity index (χ1v) is 5.56. The van der Waals surface area contributed by atoms with Crippen LogP contribution in [-0.2, 0) is 4.74 Å². The van der Waals surface area contributed by atoms with E-state index in [2.05, 4.69) is 21.3 Å². The van der Waals surface area contributed by atoms with Crippen molar-refractivity contribution < 1.29 is 4.74 Å². The molecule has 1 aliphatic heterocycles. The molecule has 0 aliphatic carbocycles. The van der Waals surface area contributed by atoms with Crippen molar-refractivity contribution in [3.63, 3.8) is 0 Å². The minimum Gasteiger partial charge on any atom is -0.397 e. The van der Waals surface area contributed by atoms with Gasteiger partial charge in [-0.1, -0.05) is 0 Å². The maximum atomic E-state index is 5.89. The summed E-state index contributed by atoms with van der Waals surface area (Å²) in [5.41, 5.74) is 8.04. The minimum absolute atomic E-state index is 0.521. The Kier molecular flexibility index (Phi) is 2.39. The van der Waals surface area contributed by atoms with Gasteiger partial charge in [-0.2, -0.15) is 0 Å². The number of anilines is 1. The number of nitrogens with two attached hydrogens (primary N) is 1. The van der Waals surface area contributed by atoms with Crippen LogP contribution in [0.4, 0.5) is 5.69 Å². The van der Waals surface area contributed by atoms with E-state index in [0.717, 1.165) is 29.1 Å². The van der Waals surface area contributed by atoms with Crippen LogP contribution in [-0.4, -0.2) is 13.2 Å². The second-order valence-corrected chi connectivity index (χ2v) is 5.14. The molecule has 2 nitrogen and oxygen atoms in total. The Morgan fingerprint density at radius 1 is 1.67 bits per heavy atom. The molecule has 1 saturated heterocycles. The summed E-state index contributed by atoms with van der Waals surface area (Å²) in [7, 11) is 0. The molecule has 0 amide bonds. The van der Waals surface area contributed by atoms with Gasteiger partial charge >= 0.3 is 0 Å². The van der Waals surface area contributed by atoms with E-state index in [-0.39, 0.29) is 0 Å². The first kappa shape index (κ1) is 8.53. The Morgan fingerprint density at radius 2 is 2.50 bits per heavy atom. The highest BCUT2D eigenvalue weighted by Crippen LogP contribution is 2.38. The van der Waals surface area contributed by atoms with Gasteiger partial charge in [-0.05, 0) is 33.3 Å². The fraction of sp³-hybridized carbons (Fsp3) is 0.500. The first-order valence-electron chi connectivity index (χ1n) is 3.89. The van der Waals surface area contributed by atoms with Gasteiger partial charge in [0.05, 0.1) is 16.1 Å². The third-order valence-electron chi connectivity index (χ3n) is 2.18. The molecule has 2 rings (SSSR count). The van der Waals surface area contributed by atoms with Gasteiger partial charge in [0.25, 0.3) is 0 Å². The van der Waals surface area contributed by atoms with E-state index in [0.29, 0.717) is 5.92 Å². The van der Waals surface area contributed by atoms with Crippen LogP contribution in [0.15, 0.2) is 9.17 Å². The molecule has 1 fully saturated rings. The van der Waals surface area contributed by atoms with Crippen molar-refractivity contribution in [1.29, 1.82) is 0 Å². The molecule has 1 unspecified atom stereocenters. The predicted molar refractivity (Wildman–Crippen MR) is 54.6 cm³/mol. The summed E-state index contributed by atoms with van der Waals surface area (Å²) in [5, 5.41) is 2.12. The smallest absolute Gasteiger partial charge is 0.0930 e. The molecule has 12 heavy (non-hydrogen) atoms. The SMILES string of the molecule is Nc1c(C2CCOC2)csc1Br. The van der Waals surface area contributed by atoms with Crippen molar-refractivity contribution in [1.82, 2.24) is 0 Å². The van der Waals surface area contributed by atoms with E-state index >= 15 is 0 Å². The fourth-order valence-corrected chi connectivity index (χ4v) is 2.76. The molecule has 1 aromatic heterocycles. The second kappa shape index (κ2) is 3.36. The van der Waals surface area contributed by atoms with Gasteiger partial charge in [-0.25, -0.2) is 0 Å². The number of hydrogen-bond acceptors (Lipinski definition) is 3. The van der Waals surface area contributed by atoms with Crippen molar-refractivity contribution in [2.75, 3.05) is 18.9 Å². The van der Waals surface area contributed by atoms with Crippen LogP contribution in [0.5, 0.6) is 0 Å². The van der Waals surface area contributed by atoms with E-state index < -0.39 is 0 Å². The molecular weight excluding hydrogens is 238 g/mol. The highest BCUT2D eigenvalue weighted by Gasteiger charge is 2.21. The topological polar surface area (TPSA) is 35.2 Å². The molecule has 1 aromatic rings. The lowest BCUT2D eigenvalue weighted by molar-refractivity contribution is 0.194. The highest BCUT2D eigenvalue weighted by atomic mass is 79.9. The van der Waals surface area contributed by atoms with Crippen molar-refractivity contribution in [2.45, 2.75) is 12.3 Å². The van der Waals surface area contributed by atoms with Crippen molar-refractivity contribution in [2.24, 2.45) is 0 Å². The predicted octanol–water partition coefficient (Wildman–Crippen LogP) is 2.60. The van der Waals surface area contributed by atoms with Crippen LogP contribution < -0.4 is 5.73 Å². The van der Waals surface area contributed by atoms with E-state index in [1.165, 1.54) is 5.56 Å². The van der Waals surface area contributed by atoms with E-state index in [4.69, 9.17) is 10.5 Å². The summed E-state index contributed by atoms with van der Waals surface area (Å²) in [6.45, 7) is 1.70. The summed E-state index contributed by atoms with van der Waals surface area (Å²) in [6.07, 6.45) is 1.10. The molecule has 4 heteroatoms. The highest BCUT2D eigenvalue weighted by molar-refractivity contribution is 9.11. The van der Waals surface area contributed by atoms with Crippen LogP contribution in [0.25, 0.3) is 0 Å². The summed E-state index contributed by atoms with van der Waals surface area (Å²) in [4.78, 5) is 0. The summed E-state index contributed by atoms with van der Waals surface area (Å²) in [5.74, 6) is 0.521. The number of halogens is 1. The van der Waals surface area contributed by atoms with Gasteiger partial charge in [0.15, 0.2) is 0 Å². The average molecular weight is 248 g/mol. The molecule has 66 valence electrons. The average Bonchev–Trinajstić information content (AvgIpc) is 2.64. The second-order valence-electron chi connectivity index (χ2n) is 2.94. The Balaban J connectivity index is 2.26. The molecule has 0 bridgehead atoms. The normalized spacial score (nSPS) is 23.2. The fourth-order valence-electron chi connectivity index (χ4n) is 1.45. The van der Waals surface area contributed by atoms with Gasteiger partial charge < -0.3 is 10.5 Å². The lowest BCUT2D eigenvalue weighted by atomic mass is 10.0. The maximum absolute atomic E-state index is 5.89. The van der Waals surface area contributed by atoms with E-state index in [1.54, 1.807) is 11.3 Å². The van der Waals surface area contributed by atoms with Crippen molar-refractivity contribution in [3.05, 3.63) is 14.7 Å². The van der Waals surface area contributed by atoms with Gasteiger partial charge in [-0.3, -0.25) is 0 Å². The van der Waals surface area contributed by atoms with Gasteiger partial charge in [0, 0.05) is 12.5 Å². The minimum atomic E-state index is 0.521. The first-order chi connectivity index (χ1) is 5.79. The zero-order valence-electron chi connectivity index (χ0n) is 6.55. The molecule has 0 saturated carbocycles. The van der Waals surface area contributed by atoms with E-state index in [9.17, 15) is 0 Å². The largest absolute Gasteiger partial charge is 0.397 e. The Hall–Kier alpha value is -0.0600. The monoisotopic (exact) mass is 247 g/mol. The molecule has 1 aliphatic rings. The lowest BCUT2D eigenvalue weighted by Crippen LogP contribution is -1.99. The molecule has 1 atom stereocenters. The quantitative estimate of drug-likeness (QED) is 0.829. The lowest BCUT2D eigenvalue weighted by Gasteiger charge is -2.05. The molecule has 2 heterocycles. The standard InChI is InChI=1S/C8H10BrNOS/c9-8-7(10)6(4-12-8)5-1-2-11-3-5/h4-5H,1-3,10H2. The van der Waals surface area contributed by atoms with Gasteiger partial charge in [0.1, 0.15) is 0 Å². The number of nitrogen functional groups attached to an aromatic ring is 1. The Labute approximate surface area is 83.8 Å². The number of thiophene rings is 1. The molecular formula is C8H10BrNOS. The van der Waals surface area contributed by atoms with Crippen LogP contribution in [0.1, 0.15) is 17.9 Å². The van der Waals surface area contributed by atoms with Crippen LogP contribution in [0, 0.1) is 0 Å². The molecule has 0 spiro atoms. The van der Waals surface area contributed by atoms with Crippen LogP contribution in [0.2, 0.25) is 0 Å². The number of rotatable bonds is 1. The molecule has 2 N–H and O–H groups in total. The van der Waals surface area contributed by atoms with Gasteiger partial charge in [0.2, 0.25) is 0 Å².